The van der Waals surface area contributed by atoms with Gasteiger partial charge in [0.1, 0.15) is 4.90 Å². The number of para-hydroxylation sites is 1. The summed E-state index contributed by atoms with van der Waals surface area (Å²) >= 11 is 0. The van der Waals surface area contributed by atoms with E-state index in [9.17, 15) is 13.2 Å². The maximum absolute atomic E-state index is 13.3. The number of aryl methyl sites for hydroxylation is 2. The van der Waals surface area contributed by atoms with Crippen molar-refractivity contribution in [1.29, 1.82) is 0 Å². The molecule has 0 aliphatic carbocycles. The van der Waals surface area contributed by atoms with Crippen molar-refractivity contribution >= 4 is 15.9 Å². The molecule has 4 rings (SSSR count). The van der Waals surface area contributed by atoms with Gasteiger partial charge in [-0.15, -0.1) is 0 Å². The summed E-state index contributed by atoms with van der Waals surface area (Å²) in [5.41, 5.74) is 3.29. The van der Waals surface area contributed by atoms with E-state index in [1.54, 1.807) is 41.4 Å². The van der Waals surface area contributed by atoms with E-state index in [4.69, 9.17) is 0 Å². The fourth-order valence-corrected chi connectivity index (χ4v) is 6.08. The van der Waals surface area contributed by atoms with Crippen LogP contribution in [0.15, 0.2) is 41.4 Å². The summed E-state index contributed by atoms with van der Waals surface area (Å²) in [6, 6.07) is 9.65. The average Bonchev–Trinajstić information content (AvgIpc) is 3.14. The zero-order valence-corrected chi connectivity index (χ0v) is 19.6. The van der Waals surface area contributed by atoms with Crippen LogP contribution in [0, 0.1) is 20.8 Å². The number of rotatable bonds is 4. The van der Waals surface area contributed by atoms with E-state index >= 15 is 0 Å². The molecule has 0 saturated carbocycles. The molecule has 0 unspecified atom stereocenters. The van der Waals surface area contributed by atoms with Crippen LogP contribution in [0.25, 0.3) is 5.69 Å². The molecule has 2 aromatic heterocycles. The van der Waals surface area contributed by atoms with Gasteiger partial charge in [0, 0.05) is 33.2 Å². The average molecular weight is 457 g/mol. The van der Waals surface area contributed by atoms with Gasteiger partial charge < -0.3 is 4.90 Å². The highest BCUT2D eigenvalue weighted by Crippen LogP contribution is 2.24. The highest BCUT2D eigenvalue weighted by atomic mass is 32.2. The number of nitrogens with zero attached hydrogens (tertiary/aromatic N) is 6. The lowest BCUT2D eigenvalue weighted by molar-refractivity contribution is 0.0763. The Balaban J connectivity index is 1.53. The van der Waals surface area contributed by atoms with Crippen molar-refractivity contribution < 1.29 is 13.2 Å². The molecule has 170 valence electrons. The molecule has 10 heteroatoms. The van der Waals surface area contributed by atoms with Crippen LogP contribution in [0.3, 0.4) is 0 Å². The topological polar surface area (TPSA) is 93.3 Å². The fourth-order valence-electron chi connectivity index (χ4n) is 4.21. The number of carbonyl (C=O) groups is 1. The smallest absolute Gasteiger partial charge is 0.257 e. The van der Waals surface area contributed by atoms with Gasteiger partial charge >= 0.3 is 0 Å². The number of hydrogen-bond donors (Lipinski definition) is 0. The van der Waals surface area contributed by atoms with E-state index in [1.807, 2.05) is 37.3 Å². The standard InChI is InChI=1S/C22H28N6O3S/c1-16-21(18(3)25(4)24-16)32(30,31)27-12-8-11-26(13-14-27)22(29)20-15-23-28(17(20)2)19-9-6-5-7-10-19/h5-7,9-10,15H,8,11-14H2,1-4H3. The Hall–Kier alpha value is -2.98. The second-order valence-electron chi connectivity index (χ2n) is 8.06. The quantitative estimate of drug-likeness (QED) is 0.599. The van der Waals surface area contributed by atoms with Crippen molar-refractivity contribution in [2.45, 2.75) is 32.1 Å². The first-order valence-electron chi connectivity index (χ1n) is 10.6. The van der Waals surface area contributed by atoms with Gasteiger partial charge in [0.05, 0.1) is 34.5 Å². The van der Waals surface area contributed by atoms with Gasteiger partial charge in [-0.3, -0.25) is 9.48 Å². The zero-order valence-electron chi connectivity index (χ0n) is 18.8. The molecule has 0 spiro atoms. The third kappa shape index (κ3) is 3.84. The molecule has 0 atom stereocenters. The van der Waals surface area contributed by atoms with Crippen LogP contribution in [0.2, 0.25) is 0 Å². The van der Waals surface area contributed by atoms with E-state index in [0.717, 1.165) is 11.4 Å². The van der Waals surface area contributed by atoms with E-state index in [0.29, 0.717) is 43.0 Å². The highest BCUT2D eigenvalue weighted by Gasteiger charge is 2.33. The molecule has 0 radical (unpaired) electrons. The van der Waals surface area contributed by atoms with Gasteiger partial charge in [-0.1, -0.05) is 18.2 Å². The Labute approximate surface area is 188 Å². The van der Waals surface area contributed by atoms with Crippen LogP contribution < -0.4 is 0 Å². The minimum Gasteiger partial charge on any atom is -0.337 e. The summed E-state index contributed by atoms with van der Waals surface area (Å²) in [7, 11) is -1.95. The molecule has 3 aromatic rings. The molecule has 1 saturated heterocycles. The number of carbonyl (C=O) groups excluding carboxylic acids is 1. The Morgan fingerprint density at radius 2 is 1.69 bits per heavy atom. The van der Waals surface area contributed by atoms with E-state index < -0.39 is 10.0 Å². The Morgan fingerprint density at radius 1 is 0.969 bits per heavy atom. The van der Waals surface area contributed by atoms with Crippen LogP contribution in [-0.2, 0) is 17.1 Å². The van der Waals surface area contributed by atoms with Crippen molar-refractivity contribution in [1.82, 2.24) is 28.8 Å². The summed E-state index contributed by atoms with van der Waals surface area (Å²) in [6.07, 6.45) is 2.15. The monoisotopic (exact) mass is 456 g/mol. The predicted octanol–water partition coefficient (Wildman–Crippen LogP) is 2.07. The molecule has 1 aliphatic heterocycles. The SMILES string of the molecule is Cc1nn(C)c(C)c1S(=O)(=O)N1CCCN(C(=O)c2cnn(-c3ccccc3)c2C)CC1. The molecule has 1 aliphatic rings. The number of benzene rings is 1. The maximum Gasteiger partial charge on any atom is 0.257 e. The first-order valence-corrected chi connectivity index (χ1v) is 12.1. The highest BCUT2D eigenvalue weighted by molar-refractivity contribution is 7.89. The summed E-state index contributed by atoms with van der Waals surface area (Å²) < 4.78 is 31.4. The Morgan fingerprint density at radius 3 is 2.34 bits per heavy atom. The second-order valence-corrected chi connectivity index (χ2v) is 9.94. The summed E-state index contributed by atoms with van der Waals surface area (Å²) in [5.74, 6) is -0.127. The number of aromatic nitrogens is 4. The van der Waals surface area contributed by atoms with Crippen LogP contribution >= 0.6 is 0 Å². The van der Waals surface area contributed by atoms with Crippen LogP contribution in [0.1, 0.15) is 33.9 Å². The molecule has 9 nitrogen and oxygen atoms in total. The largest absolute Gasteiger partial charge is 0.337 e. The molecule has 1 fully saturated rings. The van der Waals surface area contributed by atoms with E-state index in [-0.39, 0.29) is 17.3 Å². The third-order valence-corrected chi connectivity index (χ3v) is 8.18. The van der Waals surface area contributed by atoms with Gasteiger partial charge in [0.15, 0.2) is 0 Å². The molecule has 1 aromatic carbocycles. The van der Waals surface area contributed by atoms with Crippen molar-refractivity contribution in [3.05, 3.63) is 59.2 Å². The van der Waals surface area contributed by atoms with Crippen molar-refractivity contribution in [3.8, 4) is 5.69 Å². The molecule has 32 heavy (non-hydrogen) atoms. The first-order chi connectivity index (χ1) is 15.2. The van der Waals surface area contributed by atoms with Crippen LogP contribution in [0.5, 0.6) is 0 Å². The van der Waals surface area contributed by atoms with Gasteiger partial charge in [0.25, 0.3) is 5.91 Å². The normalized spacial score (nSPS) is 15.7. The Kier molecular flexibility index (Phi) is 5.91. The lowest BCUT2D eigenvalue weighted by Gasteiger charge is -2.22. The number of hydrogen-bond acceptors (Lipinski definition) is 5. The predicted molar refractivity (Wildman–Crippen MR) is 120 cm³/mol. The molecule has 1 amide bonds. The van der Waals surface area contributed by atoms with Gasteiger partial charge in [0.2, 0.25) is 10.0 Å². The molecular weight excluding hydrogens is 428 g/mol. The van der Waals surface area contributed by atoms with Gasteiger partial charge in [-0.2, -0.15) is 14.5 Å². The van der Waals surface area contributed by atoms with E-state index in [1.165, 1.54) is 4.31 Å². The summed E-state index contributed by atoms with van der Waals surface area (Å²) in [6.45, 7) is 6.76. The van der Waals surface area contributed by atoms with Gasteiger partial charge in [-0.25, -0.2) is 13.1 Å². The van der Waals surface area contributed by atoms with Crippen molar-refractivity contribution in [2.24, 2.45) is 7.05 Å². The molecular formula is C22H28N6O3S. The third-order valence-electron chi connectivity index (χ3n) is 6.02. The molecule has 0 bridgehead atoms. The number of amides is 1. The molecule has 0 N–H and O–H groups in total. The lowest BCUT2D eigenvalue weighted by atomic mass is 10.2. The fraction of sp³-hybridized carbons (Fsp3) is 0.409. The van der Waals surface area contributed by atoms with Crippen LogP contribution in [-0.4, -0.2) is 69.3 Å². The van der Waals surface area contributed by atoms with E-state index in [2.05, 4.69) is 10.2 Å². The minimum atomic E-state index is -3.68. The maximum atomic E-state index is 13.3. The minimum absolute atomic E-state index is 0.127. The Bertz CT molecular complexity index is 1250. The first kappa shape index (κ1) is 22.2. The van der Waals surface area contributed by atoms with Gasteiger partial charge in [-0.05, 0) is 39.3 Å². The number of sulfonamides is 1. The zero-order chi connectivity index (χ0) is 23.0. The second kappa shape index (κ2) is 8.51. The van der Waals surface area contributed by atoms with Crippen molar-refractivity contribution in [3.63, 3.8) is 0 Å². The van der Waals surface area contributed by atoms with Crippen LogP contribution in [0.4, 0.5) is 0 Å². The summed E-state index contributed by atoms with van der Waals surface area (Å²) in [5, 5.41) is 8.65. The molecule has 3 heterocycles. The lowest BCUT2D eigenvalue weighted by Crippen LogP contribution is -2.37. The van der Waals surface area contributed by atoms with Crippen molar-refractivity contribution in [2.75, 3.05) is 26.2 Å². The summed E-state index contributed by atoms with van der Waals surface area (Å²) in [4.78, 5) is 15.2.